The van der Waals surface area contributed by atoms with Gasteiger partial charge >= 0.3 is 0 Å². The summed E-state index contributed by atoms with van der Waals surface area (Å²) < 4.78 is 304. The highest BCUT2D eigenvalue weighted by Crippen LogP contribution is 2.46. The van der Waals surface area contributed by atoms with Crippen LogP contribution in [0.5, 0.6) is 0 Å². The summed E-state index contributed by atoms with van der Waals surface area (Å²) in [6, 6.07) is 61.3. The van der Waals surface area contributed by atoms with Crippen molar-refractivity contribution >= 4 is 183 Å². The van der Waals surface area contributed by atoms with Gasteiger partial charge in [0, 0.05) is 66.4 Å². The van der Waals surface area contributed by atoms with Gasteiger partial charge in [-0.1, -0.05) is 139 Å². The number of nitrogens with one attached hydrogen (secondary N) is 4. The number of benzene rings is 4. The molecule has 704 valence electrons. The van der Waals surface area contributed by atoms with Gasteiger partial charge in [0.05, 0.1) is 67.6 Å². The second-order valence-corrected chi connectivity index (χ2v) is 31.8. The third-order valence-corrected chi connectivity index (χ3v) is 22.9. The van der Waals surface area contributed by atoms with Crippen LogP contribution in [-0.4, -0.2) is 79.0 Å². The maximum atomic E-state index is 15.6. The van der Waals surface area contributed by atoms with Crippen LogP contribution in [-0.2, 0) is 0 Å². The fourth-order valence-electron chi connectivity index (χ4n) is 16.5. The molecule has 0 radical (unpaired) electrons. The summed E-state index contributed by atoms with van der Waals surface area (Å²) >= 11 is 0. The van der Waals surface area contributed by atoms with Crippen molar-refractivity contribution in [1.29, 1.82) is 0 Å². The smallest absolute Gasteiger partial charge is 0.189 e. The Kier molecular flexibility index (Phi) is 24.2. The van der Waals surface area contributed by atoms with Crippen LogP contribution in [0, 0.1) is 46.5 Å². The van der Waals surface area contributed by atoms with Crippen molar-refractivity contribution < 1.29 is 88.2 Å². The zero-order valence-electron chi connectivity index (χ0n) is 72.1. The first-order valence-electron chi connectivity index (χ1n) is 41.9. The number of halogens is 20. The van der Waals surface area contributed by atoms with Gasteiger partial charge in [0.25, 0.3) is 0 Å². The van der Waals surface area contributed by atoms with Gasteiger partial charge in [0.1, 0.15) is 67.6 Å². The van der Waals surface area contributed by atoms with Crippen molar-refractivity contribution in [3.63, 3.8) is 0 Å². The van der Waals surface area contributed by atoms with Gasteiger partial charge in [-0.2, -0.15) is 19.2 Å². The average Bonchev–Trinajstić information content (AvgIpc) is 1.61. The molecule has 0 saturated heterocycles. The number of aromatic nitrogens is 16. The van der Waals surface area contributed by atoms with Crippen LogP contribution < -0.4 is 12.3 Å². The summed E-state index contributed by atoms with van der Waals surface area (Å²) in [6.45, 7) is 0. The lowest BCUT2D eigenvalue weighted by Gasteiger charge is -1.99. The number of hydrogen-bond donors (Lipinski definition) is 6. The Morgan fingerprint density at radius 1 is 0.183 bits per heavy atom. The minimum absolute atomic E-state index is 0. The molecule has 0 saturated carbocycles. The van der Waals surface area contributed by atoms with Crippen LogP contribution >= 0.6 is 0 Å². The predicted octanol–water partition coefficient (Wildman–Crippen LogP) is 29.9. The first kappa shape index (κ1) is 92.8. The Labute approximate surface area is 784 Å². The first-order valence-corrected chi connectivity index (χ1v) is 41.9. The van der Waals surface area contributed by atoms with E-state index in [-0.39, 0.29) is 121 Å². The van der Waals surface area contributed by atoms with Crippen molar-refractivity contribution in [3.8, 4) is 44.5 Å². The van der Waals surface area contributed by atoms with E-state index in [1.165, 1.54) is 97.1 Å². The van der Waals surface area contributed by atoms with E-state index in [0.29, 0.717) is 66.9 Å². The molecule has 0 spiro atoms. The topological polar surface area (TPSA) is 256 Å². The summed E-state index contributed by atoms with van der Waals surface area (Å²) in [6.07, 6.45) is 13.1. The van der Waals surface area contributed by atoms with Crippen LogP contribution in [0.15, 0.2) is 243 Å². The summed E-state index contributed by atoms with van der Waals surface area (Å²) in [4.78, 5) is 43.3. The normalized spacial score (nSPS) is 12.9. The molecule has 32 bridgehead atoms. The number of hydrogen-bond acceptors (Lipinski definition) is 10. The van der Waals surface area contributed by atoms with Crippen molar-refractivity contribution in [1.82, 2.24) is 91.3 Å². The fourth-order valence-corrected chi connectivity index (χ4v) is 16.5. The maximum Gasteiger partial charge on any atom is 0.189 e. The van der Waals surface area contributed by atoms with E-state index in [9.17, 15) is 35.1 Å². The van der Waals surface area contributed by atoms with E-state index < -0.39 is 161 Å². The van der Waals surface area contributed by atoms with Crippen LogP contribution in [0.2, 0.25) is 0 Å². The maximum absolute atomic E-state index is 15.6. The molecule has 142 heavy (non-hydrogen) atoms. The zero-order valence-corrected chi connectivity index (χ0v) is 72.1. The minimum atomic E-state index is -1.68. The lowest BCUT2D eigenvalue weighted by Crippen LogP contribution is -1.91. The van der Waals surface area contributed by atoms with Gasteiger partial charge in [-0.15, -0.1) is 0 Å². The molecule has 24 rings (SSSR count). The Morgan fingerprint density at radius 3 is 0.535 bits per heavy atom. The molecule has 10 N–H and O–H groups in total. The van der Waals surface area contributed by atoms with Gasteiger partial charge in [-0.25, -0.2) is 110 Å². The van der Waals surface area contributed by atoms with Gasteiger partial charge < -0.3 is 32.2 Å². The molecule has 4 aromatic carbocycles. The van der Waals surface area contributed by atoms with Crippen molar-refractivity contribution in [2.75, 3.05) is 0 Å². The van der Waals surface area contributed by atoms with E-state index in [2.05, 4.69) is 59.8 Å². The second kappa shape index (κ2) is 37.0. The Balaban J connectivity index is 0.000000120. The molecule has 0 amide bonds. The first-order chi connectivity index (χ1) is 67.6. The highest BCUT2D eigenvalue weighted by atomic mass is 19.2. The lowest BCUT2D eigenvalue weighted by atomic mass is 10.1. The zero-order chi connectivity index (χ0) is 97.1. The standard InChI is InChI=1S/4C26H13F5N4.2H3N/c4*27-21-18-11-16-8-6-14(32-16)10-15-7-9-17(33-15)12-19-20(13-4-2-1-3-5-13)22(28)26(35(19)31)24(30)25(34-18)23(21)29;;/h4*1-12,32H;2*1H3. The molecule has 0 fully saturated rings. The third kappa shape index (κ3) is 16.7. The molecule has 18 nitrogen and oxygen atoms in total. The molecule has 8 aliphatic rings. The van der Waals surface area contributed by atoms with Crippen LogP contribution in [0.25, 0.3) is 228 Å². The van der Waals surface area contributed by atoms with Gasteiger partial charge in [-0.05, 0) is 192 Å². The molecule has 12 aromatic heterocycles. The summed E-state index contributed by atoms with van der Waals surface area (Å²) in [7, 11) is 0. The Morgan fingerprint density at radius 2 is 0.352 bits per heavy atom. The fraction of sp³-hybridized carbons (Fsp3) is 0. The second-order valence-electron chi connectivity index (χ2n) is 31.8. The number of aromatic amines is 4. The van der Waals surface area contributed by atoms with Crippen LogP contribution in [0.1, 0.15) is 91.1 Å². The van der Waals surface area contributed by atoms with E-state index in [1.807, 2.05) is 0 Å². The van der Waals surface area contributed by atoms with Gasteiger partial charge in [-0.3, -0.25) is 0 Å². The number of H-pyrrole nitrogens is 4. The monoisotopic (exact) mass is 1940 g/mol. The van der Waals surface area contributed by atoms with Crippen LogP contribution in [0.4, 0.5) is 88.2 Å². The SMILES string of the molecule is FC1=C(F)c2nc1cc1ccc(cc3nc(cc4c(-c5ccccc5)c(F)c(c2F)n4F)C=C3)[nH]1.FC1=C(F)c2nc1cc1ccc(cc3nc(cc4c(-c5ccccc5)c(F)c(c2F)n4F)C=C3)[nH]1.FC1=C(F)c2nc1cc1ccc(cc3nc(cc4c(-c5ccccc5)c(F)c(c2F)n4F)C=C3)[nH]1.FC1=C(F)c2nc1cc1ccc(cc3nc(cc4c(-c5ccccc5)c(F)c(c2F)n4F)C=C3)[nH]1.N.N. The average molecular weight is 1940 g/mol. The molecular weight excluding hydrogens is 1880 g/mol. The number of nitrogens with zero attached hydrogens (tertiary/aromatic N) is 12. The molecule has 16 aromatic rings. The quantitative estimate of drug-likeness (QED) is 0.0908. The molecular formula is C104H58F20N18. The minimum Gasteiger partial charge on any atom is -0.355 e. The molecule has 38 heteroatoms. The summed E-state index contributed by atoms with van der Waals surface area (Å²) in [5.74, 6) is -24.2. The Hall–Kier alpha value is -18.2. The summed E-state index contributed by atoms with van der Waals surface area (Å²) in [5, 5.41) is 0. The van der Waals surface area contributed by atoms with Crippen LogP contribution in [0.3, 0.4) is 0 Å². The largest absolute Gasteiger partial charge is 0.355 e. The number of fused-ring (bicyclic) bond motifs is 32. The van der Waals surface area contributed by atoms with E-state index in [4.69, 9.17) is 0 Å². The lowest BCUT2D eigenvalue weighted by molar-refractivity contribution is 0.394. The highest BCUT2D eigenvalue weighted by Gasteiger charge is 2.35. The highest BCUT2D eigenvalue weighted by molar-refractivity contribution is 5.98. The van der Waals surface area contributed by atoms with E-state index in [1.54, 1.807) is 194 Å². The van der Waals surface area contributed by atoms with Crippen molar-refractivity contribution in [2.45, 2.75) is 0 Å². The molecule has 0 atom stereocenters. The van der Waals surface area contributed by atoms with E-state index in [0.717, 1.165) is 0 Å². The molecule has 8 aliphatic heterocycles. The van der Waals surface area contributed by atoms with Gasteiger partial charge in [0.15, 0.2) is 93.2 Å². The predicted molar refractivity (Wildman–Crippen MR) is 508 cm³/mol. The van der Waals surface area contributed by atoms with Crippen molar-refractivity contribution in [2.24, 2.45) is 0 Å². The number of rotatable bonds is 4. The molecule has 0 aliphatic carbocycles. The van der Waals surface area contributed by atoms with Crippen molar-refractivity contribution in [3.05, 3.63) is 380 Å². The van der Waals surface area contributed by atoms with E-state index >= 15 is 53.0 Å². The third-order valence-electron chi connectivity index (χ3n) is 22.9. The summed E-state index contributed by atoms with van der Waals surface area (Å²) in [5.41, 5.74) is -5.78. The molecule has 0 unspecified atom stereocenters. The van der Waals surface area contributed by atoms with Gasteiger partial charge in [0.2, 0.25) is 0 Å². The Bertz CT molecular complexity index is 8030. The molecule has 20 heterocycles.